The number of fused-ring (bicyclic) bond motifs is 1. The lowest BCUT2D eigenvalue weighted by atomic mass is 10.1. The molecular weight excluding hydrogens is 348 g/mol. The van der Waals surface area contributed by atoms with Crippen LogP contribution in [0.3, 0.4) is 0 Å². The van der Waals surface area contributed by atoms with Gasteiger partial charge < -0.3 is 16.4 Å². The van der Waals surface area contributed by atoms with Gasteiger partial charge in [-0.25, -0.2) is 4.98 Å². The molecule has 0 fully saturated rings. The number of rotatable bonds is 10. The van der Waals surface area contributed by atoms with Crippen LogP contribution in [0.4, 0.5) is 11.6 Å². The molecular formula is C22H30N6. The zero-order valence-corrected chi connectivity index (χ0v) is 16.7. The van der Waals surface area contributed by atoms with Crippen LogP contribution in [0.5, 0.6) is 0 Å². The number of nitrogens with one attached hydrogen (secondary N) is 2. The van der Waals surface area contributed by atoms with E-state index in [4.69, 9.17) is 10.7 Å². The van der Waals surface area contributed by atoms with E-state index in [1.807, 2.05) is 22.8 Å². The highest BCUT2D eigenvalue weighted by atomic mass is 15.3. The standard InChI is InChI=1S/C22H30N6/c1-17(2)19-16-26-28-21(25-15-18-10-6-5-7-11-18)14-20(27-22(19)28)24-13-9-4-3-8-12-23/h3-7,10-11,14,16-17,25H,8-9,12-13,15,23H2,1-2H3,(H,24,27). The maximum atomic E-state index is 5.51. The minimum Gasteiger partial charge on any atom is -0.370 e. The van der Waals surface area contributed by atoms with Gasteiger partial charge in [-0.1, -0.05) is 56.3 Å². The van der Waals surface area contributed by atoms with Gasteiger partial charge in [-0.2, -0.15) is 9.61 Å². The fourth-order valence-corrected chi connectivity index (χ4v) is 3.01. The first-order chi connectivity index (χ1) is 13.7. The minimum absolute atomic E-state index is 0.362. The van der Waals surface area contributed by atoms with Crippen LogP contribution in [0, 0.1) is 0 Å². The summed E-state index contributed by atoms with van der Waals surface area (Å²) in [6.07, 6.45) is 8.06. The summed E-state index contributed by atoms with van der Waals surface area (Å²) in [5.41, 5.74) is 8.78. The van der Waals surface area contributed by atoms with Gasteiger partial charge in [-0.3, -0.25) is 0 Å². The minimum atomic E-state index is 0.362. The van der Waals surface area contributed by atoms with E-state index in [9.17, 15) is 0 Å². The molecule has 3 rings (SSSR count). The maximum Gasteiger partial charge on any atom is 0.163 e. The van der Waals surface area contributed by atoms with Crippen molar-refractivity contribution in [1.82, 2.24) is 14.6 Å². The Morgan fingerprint density at radius 1 is 1.11 bits per heavy atom. The first-order valence-corrected chi connectivity index (χ1v) is 9.94. The molecule has 0 atom stereocenters. The number of benzene rings is 1. The summed E-state index contributed by atoms with van der Waals surface area (Å²) in [5, 5.41) is 11.5. The Kier molecular flexibility index (Phi) is 7.03. The fourth-order valence-electron chi connectivity index (χ4n) is 3.01. The predicted octanol–water partition coefficient (Wildman–Crippen LogP) is 4.17. The van der Waals surface area contributed by atoms with Crippen molar-refractivity contribution in [3.8, 4) is 0 Å². The lowest BCUT2D eigenvalue weighted by Crippen LogP contribution is -2.09. The average molecular weight is 379 g/mol. The van der Waals surface area contributed by atoms with Gasteiger partial charge in [0.15, 0.2) is 5.65 Å². The van der Waals surface area contributed by atoms with Gasteiger partial charge >= 0.3 is 0 Å². The molecule has 0 aliphatic heterocycles. The normalized spacial score (nSPS) is 11.6. The van der Waals surface area contributed by atoms with Gasteiger partial charge in [0.25, 0.3) is 0 Å². The summed E-state index contributed by atoms with van der Waals surface area (Å²) < 4.78 is 1.89. The molecule has 6 heteroatoms. The smallest absolute Gasteiger partial charge is 0.163 e. The molecule has 1 aromatic carbocycles. The Morgan fingerprint density at radius 3 is 2.64 bits per heavy atom. The number of aromatic nitrogens is 3. The van der Waals surface area contributed by atoms with E-state index in [2.05, 4.69) is 66.0 Å². The van der Waals surface area contributed by atoms with Gasteiger partial charge in [0.2, 0.25) is 0 Å². The van der Waals surface area contributed by atoms with Crippen molar-refractivity contribution in [3.05, 3.63) is 65.9 Å². The molecule has 0 radical (unpaired) electrons. The van der Waals surface area contributed by atoms with Crippen molar-refractivity contribution >= 4 is 17.3 Å². The van der Waals surface area contributed by atoms with E-state index < -0.39 is 0 Å². The van der Waals surface area contributed by atoms with E-state index >= 15 is 0 Å². The molecule has 6 nitrogen and oxygen atoms in total. The molecule has 0 amide bonds. The molecule has 0 bridgehead atoms. The van der Waals surface area contributed by atoms with Crippen molar-refractivity contribution in [3.63, 3.8) is 0 Å². The summed E-state index contributed by atoms with van der Waals surface area (Å²) in [5.74, 6) is 2.15. The first kappa shape index (κ1) is 19.9. The van der Waals surface area contributed by atoms with Gasteiger partial charge in [0.05, 0.1) is 6.20 Å². The Bertz CT molecular complexity index is 898. The Morgan fingerprint density at radius 2 is 1.89 bits per heavy atom. The molecule has 28 heavy (non-hydrogen) atoms. The Labute approximate surface area is 166 Å². The third-order valence-corrected chi connectivity index (χ3v) is 4.55. The summed E-state index contributed by atoms with van der Waals surface area (Å²) >= 11 is 0. The lowest BCUT2D eigenvalue weighted by molar-refractivity contribution is 0.871. The molecule has 3 aromatic rings. The Balaban J connectivity index is 1.79. The maximum absolute atomic E-state index is 5.51. The van der Waals surface area contributed by atoms with Gasteiger partial charge in [-0.15, -0.1) is 0 Å². The molecule has 0 aliphatic rings. The quantitative estimate of drug-likeness (QED) is 0.364. The number of hydrogen-bond acceptors (Lipinski definition) is 5. The second kappa shape index (κ2) is 9.90. The summed E-state index contributed by atoms with van der Waals surface area (Å²) in [4.78, 5) is 4.81. The summed E-state index contributed by atoms with van der Waals surface area (Å²) in [6, 6.07) is 12.4. The highest BCUT2D eigenvalue weighted by molar-refractivity contribution is 5.61. The van der Waals surface area contributed by atoms with Gasteiger partial charge in [-0.05, 0) is 30.9 Å². The first-order valence-electron chi connectivity index (χ1n) is 9.94. The molecule has 2 aromatic heterocycles. The number of nitrogens with two attached hydrogens (primary N) is 1. The van der Waals surface area contributed by atoms with E-state index in [1.165, 1.54) is 5.56 Å². The van der Waals surface area contributed by atoms with E-state index in [0.29, 0.717) is 12.5 Å². The molecule has 4 N–H and O–H groups in total. The SMILES string of the molecule is CC(C)c1cnn2c(NCc3ccccc3)cc(NCCC=CCCN)nc12. The topological polar surface area (TPSA) is 80.3 Å². The summed E-state index contributed by atoms with van der Waals surface area (Å²) in [6.45, 7) is 6.58. The zero-order valence-electron chi connectivity index (χ0n) is 16.7. The second-order valence-corrected chi connectivity index (χ2v) is 7.12. The van der Waals surface area contributed by atoms with Crippen LogP contribution in [0.2, 0.25) is 0 Å². The van der Waals surface area contributed by atoms with Crippen LogP contribution < -0.4 is 16.4 Å². The van der Waals surface area contributed by atoms with Crippen LogP contribution in [0.1, 0.15) is 43.7 Å². The average Bonchev–Trinajstić information content (AvgIpc) is 3.14. The van der Waals surface area contributed by atoms with Gasteiger partial charge in [0.1, 0.15) is 11.6 Å². The van der Waals surface area contributed by atoms with Crippen molar-refractivity contribution in [2.45, 2.75) is 39.2 Å². The van der Waals surface area contributed by atoms with E-state index in [-0.39, 0.29) is 0 Å². The van der Waals surface area contributed by atoms with Crippen molar-refractivity contribution in [2.75, 3.05) is 23.7 Å². The Hall–Kier alpha value is -2.86. The second-order valence-electron chi connectivity index (χ2n) is 7.12. The van der Waals surface area contributed by atoms with Crippen LogP contribution in [-0.4, -0.2) is 27.7 Å². The number of anilines is 2. The van der Waals surface area contributed by atoms with Crippen LogP contribution in [-0.2, 0) is 6.54 Å². The molecule has 0 spiro atoms. The number of hydrogen-bond donors (Lipinski definition) is 3. The third kappa shape index (κ3) is 5.10. The van der Waals surface area contributed by atoms with Crippen LogP contribution >= 0.6 is 0 Å². The van der Waals surface area contributed by atoms with E-state index in [0.717, 1.165) is 48.8 Å². The van der Waals surface area contributed by atoms with Crippen LogP contribution in [0.15, 0.2) is 54.7 Å². The molecule has 2 heterocycles. The summed E-state index contributed by atoms with van der Waals surface area (Å²) in [7, 11) is 0. The van der Waals surface area contributed by atoms with Gasteiger partial charge in [0, 0.05) is 24.7 Å². The fraction of sp³-hybridized carbons (Fsp3) is 0.364. The monoisotopic (exact) mass is 378 g/mol. The molecule has 0 saturated carbocycles. The highest BCUT2D eigenvalue weighted by Gasteiger charge is 2.13. The molecule has 0 saturated heterocycles. The zero-order chi connectivity index (χ0) is 19.8. The molecule has 148 valence electrons. The number of nitrogens with zero attached hydrogens (tertiary/aromatic N) is 3. The van der Waals surface area contributed by atoms with Crippen molar-refractivity contribution in [2.24, 2.45) is 5.73 Å². The lowest BCUT2D eigenvalue weighted by Gasteiger charge is -2.12. The molecule has 0 unspecified atom stereocenters. The third-order valence-electron chi connectivity index (χ3n) is 4.55. The van der Waals surface area contributed by atoms with Crippen molar-refractivity contribution < 1.29 is 0 Å². The van der Waals surface area contributed by atoms with E-state index in [1.54, 1.807) is 0 Å². The predicted molar refractivity (Wildman–Crippen MR) is 117 cm³/mol. The molecule has 0 aliphatic carbocycles. The highest BCUT2D eigenvalue weighted by Crippen LogP contribution is 2.24. The largest absolute Gasteiger partial charge is 0.370 e. The van der Waals surface area contributed by atoms with Crippen molar-refractivity contribution in [1.29, 1.82) is 0 Å². The van der Waals surface area contributed by atoms with Crippen LogP contribution in [0.25, 0.3) is 5.65 Å².